The second-order valence-electron chi connectivity index (χ2n) is 7.75. The van der Waals surface area contributed by atoms with Gasteiger partial charge in [-0.15, -0.1) is 0 Å². The minimum absolute atomic E-state index is 0.0304. The Morgan fingerprint density at radius 2 is 1.64 bits per heavy atom. The Hall–Kier alpha value is -1.58. The van der Waals surface area contributed by atoms with E-state index in [0.29, 0.717) is 0 Å². The maximum absolute atomic E-state index is 9.29. The van der Waals surface area contributed by atoms with E-state index in [0.717, 1.165) is 25.7 Å². The third kappa shape index (κ3) is 5.45. The van der Waals surface area contributed by atoms with Crippen molar-refractivity contribution in [3.05, 3.63) is 58.4 Å². The molecule has 1 heterocycles. The lowest BCUT2D eigenvalue weighted by Crippen LogP contribution is -2.40. The van der Waals surface area contributed by atoms with Gasteiger partial charge in [-0.25, -0.2) is 0 Å². The van der Waals surface area contributed by atoms with Gasteiger partial charge >= 0.3 is 0 Å². The number of rotatable bonds is 9. The molecular weight excluding hydrogens is 308 g/mol. The highest BCUT2D eigenvalue weighted by Crippen LogP contribution is 2.18. The number of hydrogen-bond donors (Lipinski definition) is 2. The van der Waals surface area contributed by atoms with Gasteiger partial charge in [-0.05, 0) is 88.1 Å². The number of aliphatic hydroxyl groups excluding tert-OH is 1. The van der Waals surface area contributed by atoms with Gasteiger partial charge in [-0.3, -0.25) is 0 Å². The molecule has 3 N–H and O–H groups in total. The Labute approximate surface area is 152 Å². The molecule has 3 heteroatoms. The van der Waals surface area contributed by atoms with Gasteiger partial charge in [0.05, 0.1) is 6.61 Å². The van der Waals surface area contributed by atoms with Crippen LogP contribution in [0.4, 0.5) is 0 Å². The smallest absolute Gasteiger partial charge is 0.0608 e. The average Bonchev–Trinajstić information content (AvgIpc) is 2.94. The van der Waals surface area contributed by atoms with E-state index in [1.54, 1.807) is 0 Å². The van der Waals surface area contributed by atoms with Gasteiger partial charge in [0, 0.05) is 24.0 Å². The van der Waals surface area contributed by atoms with Crippen LogP contribution in [0.2, 0.25) is 0 Å². The van der Waals surface area contributed by atoms with Crippen LogP contribution < -0.4 is 5.73 Å². The number of aryl methyl sites for hydroxylation is 4. The molecule has 0 radical (unpaired) electrons. The van der Waals surface area contributed by atoms with Crippen molar-refractivity contribution in [2.24, 2.45) is 12.8 Å². The number of aliphatic hydroxyl groups is 1. The van der Waals surface area contributed by atoms with Crippen LogP contribution in [0.3, 0.4) is 0 Å². The summed E-state index contributed by atoms with van der Waals surface area (Å²) in [5.41, 5.74) is 12.6. The van der Waals surface area contributed by atoms with Gasteiger partial charge < -0.3 is 15.4 Å². The fourth-order valence-electron chi connectivity index (χ4n) is 3.30. The van der Waals surface area contributed by atoms with E-state index in [9.17, 15) is 5.11 Å². The third-order valence-corrected chi connectivity index (χ3v) is 5.49. The zero-order chi connectivity index (χ0) is 18.4. The number of nitrogens with two attached hydrogens (primary N) is 1. The molecule has 2 rings (SSSR count). The molecule has 0 aliphatic rings. The Morgan fingerprint density at radius 3 is 2.32 bits per heavy atom. The average molecular weight is 343 g/mol. The van der Waals surface area contributed by atoms with E-state index in [1.807, 2.05) is 6.92 Å². The van der Waals surface area contributed by atoms with Crippen molar-refractivity contribution in [1.29, 1.82) is 0 Å². The standard InChI is InChI=1S/C22H34N2O/c1-17-8-7-10-19(18(17)2)9-5-6-11-20-12-13-21(24(20)4)14-15-22(3,23)16-25/h7-8,10,12-13,25H,5-6,9,11,14-16,23H2,1-4H3. The highest BCUT2D eigenvalue weighted by Gasteiger charge is 2.17. The molecule has 1 atom stereocenters. The lowest BCUT2D eigenvalue weighted by atomic mass is 9.97. The van der Waals surface area contributed by atoms with Gasteiger partial charge in [0.15, 0.2) is 0 Å². The van der Waals surface area contributed by atoms with E-state index >= 15 is 0 Å². The first kappa shape index (κ1) is 19.7. The molecule has 1 aromatic carbocycles. The van der Waals surface area contributed by atoms with Gasteiger partial charge in [0.2, 0.25) is 0 Å². The van der Waals surface area contributed by atoms with Crippen LogP contribution in [0.1, 0.15) is 54.3 Å². The summed E-state index contributed by atoms with van der Waals surface area (Å²) in [6, 6.07) is 11.0. The molecule has 1 unspecified atom stereocenters. The van der Waals surface area contributed by atoms with Crippen LogP contribution >= 0.6 is 0 Å². The first-order valence-corrected chi connectivity index (χ1v) is 9.42. The molecule has 0 saturated heterocycles. The van der Waals surface area contributed by atoms with Crippen molar-refractivity contribution < 1.29 is 5.11 Å². The zero-order valence-corrected chi connectivity index (χ0v) is 16.3. The number of unbranched alkanes of at least 4 members (excludes halogenated alkanes) is 1. The van der Waals surface area contributed by atoms with E-state index < -0.39 is 5.54 Å². The summed E-state index contributed by atoms with van der Waals surface area (Å²) < 4.78 is 2.30. The minimum Gasteiger partial charge on any atom is -0.394 e. The van der Waals surface area contributed by atoms with Gasteiger partial charge in [0.1, 0.15) is 0 Å². The molecule has 0 spiro atoms. The topological polar surface area (TPSA) is 51.2 Å². The van der Waals surface area contributed by atoms with Gasteiger partial charge in [0.25, 0.3) is 0 Å². The predicted molar refractivity (Wildman–Crippen MR) is 106 cm³/mol. The van der Waals surface area contributed by atoms with E-state index in [-0.39, 0.29) is 6.61 Å². The van der Waals surface area contributed by atoms with Crippen LogP contribution in [-0.2, 0) is 26.3 Å². The van der Waals surface area contributed by atoms with Crippen molar-refractivity contribution in [2.45, 2.75) is 64.8 Å². The minimum atomic E-state index is -0.490. The Bertz CT molecular complexity index is 685. The van der Waals surface area contributed by atoms with E-state index in [4.69, 9.17) is 5.73 Å². The van der Waals surface area contributed by atoms with Crippen LogP contribution in [-0.4, -0.2) is 21.8 Å². The number of benzene rings is 1. The van der Waals surface area contributed by atoms with Crippen LogP contribution in [0.25, 0.3) is 0 Å². The first-order valence-electron chi connectivity index (χ1n) is 9.42. The van der Waals surface area contributed by atoms with Crippen molar-refractivity contribution in [1.82, 2.24) is 4.57 Å². The molecule has 0 fully saturated rings. The predicted octanol–water partition coefficient (Wildman–Crippen LogP) is 3.85. The molecule has 0 aliphatic heterocycles. The quantitative estimate of drug-likeness (QED) is 0.680. The van der Waals surface area contributed by atoms with Crippen molar-refractivity contribution in [3.63, 3.8) is 0 Å². The fraction of sp³-hybridized carbons (Fsp3) is 0.545. The fourth-order valence-corrected chi connectivity index (χ4v) is 3.30. The maximum atomic E-state index is 9.29. The van der Waals surface area contributed by atoms with E-state index in [2.05, 4.69) is 55.8 Å². The molecule has 0 bridgehead atoms. The van der Waals surface area contributed by atoms with Crippen molar-refractivity contribution in [2.75, 3.05) is 6.61 Å². The normalized spacial score (nSPS) is 13.8. The summed E-state index contributed by atoms with van der Waals surface area (Å²) in [5, 5.41) is 9.29. The summed E-state index contributed by atoms with van der Waals surface area (Å²) in [5.74, 6) is 0. The SMILES string of the molecule is Cc1cccc(CCCCc2ccc(CCC(C)(N)CO)n2C)c1C. The first-order chi connectivity index (χ1) is 11.8. The van der Waals surface area contributed by atoms with Crippen molar-refractivity contribution in [3.8, 4) is 0 Å². The zero-order valence-electron chi connectivity index (χ0n) is 16.3. The highest BCUT2D eigenvalue weighted by atomic mass is 16.3. The van der Waals surface area contributed by atoms with Crippen LogP contribution in [0.15, 0.2) is 30.3 Å². The summed E-state index contributed by atoms with van der Waals surface area (Å²) in [7, 11) is 2.14. The van der Waals surface area contributed by atoms with Crippen LogP contribution in [0, 0.1) is 13.8 Å². The lowest BCUT2D eigenvalue weighted by Gasteiger charge is -2.21. The second-order valence-corrected chi connectivity index (χ2v) is 7.75. The Balaban J connectivity index is 1.82. The lowest BCUT2D eigenvalue weighted by molar-refractivity contribution is 0.200. The van der Waals surface area contributed by atoms with Gasteiger partial charge in [-0.2, -0.15) is 0 Å². The summed E-state index contributed by atoms with van der Waals surface area (Å²) >= 11 is 0. The maximum Gasteiger partial charge on any atom is 0.0608 e. The molecule has 1 aromatic heterocycles. The highest BCUT2D eigenvalue weighted by molar-refractivity contribution is 5.33. The summed E-state index contributed by atoms with van der Waals surface area (Å²) in [6.07, 6.45) is 6.40. The molecule has 0 amide bonds. The monoisotopic (exact) mass is 342 g/mol. The molecule has 0 saturated carbocycles. The molecule has 0 aliphatic carbocycles. The number of hydrogen-bond acceptors (Lipinski definition) is 2. The largest absolute Gasteiger partial charge is 0.394 e. The third-order valence-electron chi connectivity index (χ3n) is 5.49. The summed E-state index contributed by atoms with van der Waals surface area (Å²) in [4.78, 5) is 0. The number of aromatic nitrogens is 1. The van der Waals surface area contributed by atoms with Gasteiger partial charge in [-0.1, -0.05) is 18.2 Å². The molecule has 3 nitrogen and oxygen atoms in total. The molecule has 138 valence electrons. The summed E-state index contributed by atoms with van der Waals surface area (Å²) in [6.45, 7) is 6.35. The molecule has 25 heavy (non-hydrogen) atoms. The Morgan fingerprint density at radius 1 is 1.00 bits per heavy atom. The van der Waals surface area contributed by atoms with E-state index in [1.165, 1.54) is 40.9 Å². The molecule has 2 aromatic rings. The van der Waals surface area contributed by atoms with Crippen molar-refractivity contribution >= 4 is 0 Å². The molecular formula is C22H34N2O. The Kier molecular flexibility index (Phi) is 6.86. The van der Waals surface area contributed by atoms with Crippen LogP contribution in [0.5, 0.6) is 0 Å². The second kappa shape index (κ2) is 8.68. The number of nitrogens with zero attached hydrogens (tertiary/aromatic N) is 1.